The average Bonchev–Trinajstić information content (AvgIpc) is 2.48. The summed E-state index contributed by atoms with van der Waals surface area (Å²) in [6.45, 7) is 3.76. The number of benzene rings is 1. The predicted octanol–water partition coefficient (Wildman–Crippen LogP) is 3.53. The van der Waals surface area contributed by atoms with Crippen molar-refractivity contribution in [1.82, 2.24) is 4.98 Å². The lowest BCUT2D eigenvalue weighted by atomic mass is 10.1. The normalized spacial score (nSPS) is 10.4. The van der Waals surface area contributed by atoms with Crippen LogP contribution in [0.5, 0.6) is 5.75 Å². The quantitative estimate of drug-likeness (QED) is 0.938. The van der Waals surface area contributed by atoms with E-state index in [1.165, 1.54) is 24.3 Å². The molecule has 5 nitrogen and oxygen atoms in total. The highest BCUT2D eigenvalue weighted by atomic mass is 19.1. The molecule has 0 atom stereocenters. The Bertz CT molecular complexity index is 687. The number of carboxylic acid groups (broad SMARTS) is 1. The summed E-state index contributed by atoms with van der Waals surface area (Å²) in [5.74, 6) is 0.273. The summed E-state index contributed by atoms with van der Waals surface area (Å²) in [6.07, 6.45) is 0.513. The Morgan fingerprint density at radius 2 is 1.95 bits per heavy atom. The molecule has 0 radical (unpaired) electrons. The maximum absolute atomic E-state index is 13.0. The summed E-state index contributed by atoms with van der Waals surface area (Å²) in [7, 11) is 1.56. The standard InChI is InChI=1S/C16H17FN2O3/c1-10-8-18-14(11(2)15(10)22-3)9-19(16(20)21)13-6-4-12(17)5-7-13/h4-8H,9H2,1-3H3,(H,20,21). The minimum absolute atomic E-state index is 0.0590. The van der Waals surface area contributed by atoms with Crippen molar-refractivity contribution < 1.29 is 19.0 Å². The maximum atomic E-state index is 13.0. The molecule has 0 fully saturated rings. The van der Waals surface area contributed by atoms with Crippen LogP contribution in [-0.2, 0) is 6.54 Å². The molecule has 2 rings (SSSR count). The molecule has 0 bridgehead atoms. The van der Waals surface area contributed by atoms with E-state index in [1.807, 2.05) is 13.8 Å². The lowest BCUT2D eigenvalue weighted by Crippen LogP contribution is -2.29. The summed E-state index contributed by atoms with van der Waals surface area (Å²) < 4.78 is 18.3. The van der Waals surface area contributed by atoms with Crippen LogP contribution in [-0.4, -0.2) is 23.3 Å². The first-order valence-electron chi connectivity index (χ1n) is 6.69. The van der Waals surface area contributed by atoms with E-state index in [0.717, 1.165) is 16.0 Å². The van der Waals surface area contributed by atoms with E-state index in [4.69, 9.17) is 4.74 Å². The molecule has 0 unspecified atom stereocenters. The predicted molar refractivity (Wildman–Crippen MR) is 80.9 cm³/mol. The summed E-state index contributed by atoms with van der Waals surface area (Å²) in [4.78, 5) is 16.9. The summed E-state index contributed by atoms with van der Waals surface area (Å²) in [5.41, 5.74) is 2.65. The van der Waals surface area contributed by atoms with E-state index < -0.39 is 11.9 Å². The van der Waals surface area contributed by atoms with E-state index in [-0.39, 0.29) is 6.54 Å². The minimum atomic E-state index is -1.13. The molecule has 1 amide bonds. The summed E-state index contributed by atoms with van der Waals surface area (Å²) in [6, 6.07) is 5.29. The van der Waals surface area contributed by atoms with Gasteiger partial charge in [0.25, 0.3) is 0 Å². The molecule has 6 heteroatoms. The molecule has 22 heavy (non-hydrogen) atoms. The van der Waals surface area contributed by atoms with Crippen molar-refractivity contribution in [2.24, 2.45) is 0 Å². The number of carbonyl (C=O) groups is 1. The molecule has 0 aliphatic carbocycles. The van der Waals surface area contributed by atoms with Gasteiger partial charge in [0.15, 0.2) is 0 Å². The van der Waals surface area contributed by atoms with Crippen molar-refractivity contribution in [2.45, 2.75) is 20.4 Å². The molecular formula is C16H17FN2O3. The second-order valence-corrected chi connectivity index (χ2v) is 4.89. The zero-order valence-corrected chi connectivity index (χ0v) is 12.6. The van der Waals surface area contributed by atoms with E-state index >= 15 is 0 Å². The van der Waals surface area contributed by atoms with E-state index in [9.17, 15) is 14.3 Å². The van der Waals surface area contributed by atoms with Gasteiger partial charge < -0.3 is 9.84 Å². The first-order chi connectivity index (χ1) is 10.4. The Kier molecular flexibility index (Phi) is 4.60. The third-order valence-electron chi connectivity index (χ3n) is 3.43. The molecule has 2 aromatic rings. The molecule has 116 valence electrons. The van der Waals surface area contributed by atoms with Crippen LogP contribution in [0.25, 0.3) is 0 Å². The van der Waals surface area contributed by atoms with Crippen molar-refractivity contribution in [3.8, 4) is 5.75 Å². The third kappa shape index (κ3) is 3.16. The number of pyridine rings is 1. The first kappa shape index (κ1) is 15.8. The van der Waals surface area contributed by atoms with Crippen LogP contribution in [0.3, 0.4) is 0 Å². The zero-order chi connectivity index (χ0) is 16.3. The number of rotatable bonds is 4. The zero-order valence-electron chi connectivity index (χ0n) is 12.6. The fraction of sp³-hybridized carbons (Fsp3) is 0.250. The SMILES string of the molecule is COc1c(C)cnc(CN(C(=O)O)c2ccc(F)cc2)c1C. The van der Waals surface area contributed by atoms with E-state index in [0.29, 0.717) is 17.1 Å². The van der Waals surface area contributed by atoms with Gasteiger partial charge in [-0.25, -0.2) is 9.18 Å². The molecule has 0 saturated carbocycles. The van der Waals surface area contributed by atoms with Gasteiger partial charge in [0, 0.05) is 23.0 Å². The molecule has 1 aromatic carbocycles. The largest absolute Gasteiger partial charge is 0.496 e. The molecule has 0 spiro atoms. The van der Waals surface area contributed by atoms with Gasteiger partial charge in [-0.1, -0.05) is 0 Å². The number of aryl methyl sites for hydroxylation is 1. The van der Waals surface area contributed by atoms with Crippen molar-refractivity contribution in [2.75, 3.05) is 12.0 Å². The number of amides is 1. The highest BCUT2D eigenvalue weighted by molar-refractivity contribution is 5.85. The Labute approximate surface area is 128 Å². The van der Waals surface area contributed by atoms with Gasteiger partial charge in [-0.15, -0.1) is 0 Å². The van der Waals surface area contributed by atoms with Crippen molar-refractivity contribution in [3.63, 3.8) is 0 Å². The van der Waals surface area contributed by atoms with Crippen LogP contribution in [0.15, 0.2) is 30.5 Å². The van der Waals surface area contributed by atoms with Gasteiger partial charge in [0.2, 0.25) is 0 Å². The van der Waals surface area contributed by atoms with Crippen LogP contribution in [0.4, 0.5) is 14.9 Å². The van der Waals surface area contributed by atoms with Crippen molar-refractivity contribution in [1.29, 1.82) is 0 Å². The highest BCUT2D eigenvalue weighted by Gasteiger charge is 2.18. The smallest absolute Gasteiger partial charge is 0.412 e. The van der Waals surface area contributed by atoms with Crippen LogP contribution in [0, 0.1) is 19.7 Å². The number of hydrogen-bond donors (Lipinski definition) is 1. The fourth-order valence-corrected chi connectivity index (χ4v) is 2.27. The second kappa shape index (κ2) is 6.43. The topological polar surface area (TPSA) is 62.7 Å². The molecule has 0 aliphatic rings. The van der Waals surface area contributed by atoms with Gasteiger partial charge in [-0.2, -0.15) is 0 Å². The van der Waals surface area contributed by atoms with Gasteiger partial charge in [-0.05, 0) is 38.1 Å². The molecule has 1 N–H and O–H groups in total. The highest BCUT2D eigenvalue weighted by Crippen LogP contribution is 2.26. The summed E-state index contributed by atoms with van der Waals surface area (Å²) in [5, 5.41) is 9.40. The molecule has 1 heterocycles. The summed E-state index contributed by atoms with van der Waals surface area (Å²) >= 11 is 0. The van der Waals surface area contributed by atoms with Gasteiger partial charge >= 0.3 is 6.09 Å². The lowest BCUT2D eigenvalue weighted by Gasteiger charge is -2.21. The lowest BCUT2D eigenvalue weighted by molar-refractivity contribution is 0.201. The molecule has 0 aliphatic heterocycles. The fourth-order valence-electron chi connectivity index (χ4n) is 2.27. The average molecular weight is 304 g/mol. The van der Waals surface area contributed by atoms with Crippen LogP contribution in [0.1, 0.15) is 16.8 Å². The third-order valence-corrected chi connectivity index (χ3v) is 3.43. The molecular weight excluding hydrogens is 287 g/mol. The molecule has 0 saturated heterocycles. The Balaban J connectivity index is 2.37. The maximum Gasteiger partial charge on any atom is 0.412 e. The van der Waals surface area contributed by atoms with Crippen LogP contribution < -0.4 is 9.64 Å². The number of methoxy groups -OCH3 is 1. The monoisotopic (exact) mass is 304 g/mol. The van der Waals surface area contributed by atoms with Crippen LogP contribution in [0.2, 0.25) is 0 Å². The second-order valence-electron chi connectivity index (χ2n) is 4.89. The van der Waals surface area contributed by atoms with Crippen molar-refractivity contribution in [3.05, 3.63) is 53.1 Å². The van der Waals surface area contributed by atoms with Gasteiger partial charge in [0.1, 0.15) is 11.6 Å². The number of anilines is 1. The van der Waals surface area contributed by atoms with Crippen molar-refractivity contribution >= 4 is 11.8 Å². The number of ether oxygens (including phenoxy) is 1. The number of hydrogen-bond acceptors (Lipinski definition) is 3. The number of halogens is 1. The van der Waals surface area contributed by atoms with Gasteiger partial charge in [0.05, 0.1) is 19.3 Å². The number of nitrogens with zero attached hydrogens (tertiary/aromatic N) is 2. The number of aromatic nitrogens is 1. The Morgan fingerprint density at radius 3 is 2.50 bits per heavy atom. The van der Waals surface area contributed by atoms with E-state index in [1.54, 1.807) is 13.3 Å². The van der Waals surface area contributed by atoms with Crippen LogP contribution >= 0.6 is 0 Å². The molecule has 1 aromatic heterocycles. The Morgan fingerprint density at radius 1 is 1.32 bits per heavy atom. The van der Waals surface area contributed by atoms with E-state index in [2.05, 4.69) is 4.98 Å². The first-order valence-corrected chi connectivity index (χ1v) is 6.69. The Hall–Kier alpha value is -2.63. The minimum Gasteiger partial charge on any atom is -0.496 e. The van der Waals surface area contributed by atoms with Gasteiger partial charge in [-0.3, -0.25) is 9.88 Å².